The number of methoxy groups -OCH3 is 1. The Labute approximate surface area is 400 Å². The summed E-state index contributed by atoms with van der Waals surface area (Å²) in [5, 5.41) is 28.2. The van der Waals surface area contributed by atoms with Crippen molar-refractivity contribution < 1.29 is 57.8 Å². The summed E-state index contributed by atoms with van der Waals surface area (Å²) in [6.45, 7) is 4.41. The van der Waals surface area contributed by atoms with E-state index in [0.29, 0.717) is 30.6 Å². The first-order chi connectivity index (χ1) is 31.7. The maximum atomic E-state index is 13.9. The molecular formula is C42H67N11O12S2. The van der Waals surface area contributed by atoms with Gasteiger partial charge in [-0.3, -0.25) is 47.9 Å². The van der Waals surface area contributed by atoms with E-state index in [1.54, 1.807) is 38.1 Å². The van der Waals surface area contributed by atoms with Crippen molar-refractivity contribution in [3.63, 3.8) is 0 Å². The van der Waals surface area contributed by atoms with Gasteiger partial charge in [-0.15, -0.1) is 0 Å². The number of hydrogen-bond donors (Lipinski definition) is 13. The van der Waals surface area contributed by atoms with Gasteiger partial charge in [-0.2, -0.15) is 25.3 Å². The molecule has 0 bridgehead atoms. The lowest BCUT2D eigenvalue weighted by atomic mass is 9.96. The summed E-state index contributed by atoms with van der Waals surface area (Å²) >= 11 is 8.32. The number of amides is 10. The molecule has 0 spiro atoms. The lowest BCUT2D eigenvalue weighted by Gasteiger charge is -2.31. The quantitative estimate of drug-likeness (QED) is 0.0341. The van der Waals surface area contributed by atoms with Crippen molar-refractivity contribution in [2.24, 2.45) is 23.1 Å². The molecule has 14 N–H and O–H groups in total. The number of ether oxygens (including phenoxy) is 1. The van der Waals surface area contributed by atoms with Crippen LogP contribution in [0.2, 0.25) is 0 Å². The highest BCUT2D eigenvalue weighted by molar-refractivity contribution is 7.80. The first kappa shape index (κ1) is 57.5. The number of likely N-dealkylation sites (tertiary alicyclic amines) is 1. The van der Waals surface area contributed by atoms with E-state index in [1.165, 1.54) is 18.9 Å². The summed E-state index contributed by atoms with van der Waals surface area (Å²) < 4.78 is 5.20. The fourth-order valence-electron chi connectivity index (χ4n) is 6.97. The average molecular weight is 982 g/mol. The minimum absolute atomic E-state index is 0.00951. The SMILES string of the molecule is CC[C@H](C)[C@H](NC(=O)[C@@H](Cc1ccc(OC)cc1)NC(=O)CCS)C(=O)N[C@H](C(=O)N[C@@H](CC(N)=O)C(=O)N[C@@H](CS)C(=O)N1CCC[C@H]1C(=O)N[C@@H](CCCN)C(=O)NCC(N)=O)[C@@H](C)O. The molecule has 67 heavy (non-hydrogen) atoms. The molecule has 0 aliphatic carbocycles. The van der Waals surface area contributed by atoms with Gasteiger partial charge in [0.25, 0.3) is 0 Å². The Morgan fingerprint density at radius 3 is 1.96 bits per heavy atom. The topological polar surface area (TPSA) is 366 Å². The van der Waals surface area contributed by atoms with Crippen molar-refractivity contribution in [1.29, 1.82) is 0 Å². The van der Waals surface area contributed by atoms with Gasteiger partial charge >= 0.3 is 0 Å². The zero-order valence-electron chi connectivity index (χ0n) is 38.2. The molecule has 0 saturated carbocycles. The Hall–Kier alpha value is -5.66. The molecule has 0 unspecified atom stereocenters. The molecule has 0 radical (unpaired) electrons. The van der Waals surface area contributed by atoms with Crippen LogP contribution in [0.4, 0.5) is 0 Å². The zero-order valence-corrected chi connectivity index (χ0v) is 40.0. The van der Waals surface area contributed by atoms with Gasteiger partial charge in [-0.1, -0.05) is 32.4 Å². The molecule has 0 aromatic heterocycles. The molecule has 1 saturated heterocycles. The number of carbonyl (C=O) groups is 10. The summed E-state index contributed by atoms with van der Waals surface area (Å²) in [4.78, 5) is 133. The van der Waals surface area contributed by atoms with Crippen molar-refractivity contribution in [3.05, 3.63) is 29.8 Å². The molecule has 1 aromatic rings. The highest BCUT2D eigenvalue weighted by atomic mass is 32.1. The largest absolute Gasteiger partial charge is 0.497 e. The van der Waals surface area contributed by atoms with Crippen LogP contribution in [0, 0.1) is 5.92 Å². The fourth-order valence-corrected chi connectivity index (χ4v) is 7.42. The number of benzene rings is 1. The minimum atomic E-state index is -1.76. The Balaban J connectivity index is 2.27. The lowest BCUT2D eigenvalue weighted by molar-refractivity contribution is -0.142. The number of nitrogens with one attached hydrogen (secondary N) is 7. The van der Waals surface area contributed by atoms with Gasteiger partial charge < -0.3 is 69.2 Å². The van der Waals surface area contributed by atoms with E-state index in [1.807, 2.05) is 0 Å². The monoisotopic (exact) mass is 981 g/mol. The Morgan fingerprint density at radius 2 is 1.40 bits per heavy atom. The number of aliphatic hydroxyl groups is 1. The van der Waals surface area contributed by atoms with Crippen LogP contribution in [0.3, 0.4) is 0 Å². The molecule has 1 heterocycles. The number of aliphatic hydroxyl groups excluding tert-OH is 1. The van der Waals surface area contributed by atoms with Gasteiger partial charge in [0.2, 0.25) is 59.1 Å². The van der Waals surface area contributed by atoms with Crippen molar-refractivity contribution in [2.75, 3.05) is 38.2 Å². The van der Waals surface area contributed by atoms with E-state index >= 15 is 0 Å². The van der Waals surface area contributed by atoms with Gasteiger partial charge in [0, 0.05) is 25.1 Å². The van der Waals surface area contributed by atoms with Crippen molar-refractivity contribution >= 4 is 84.3 Å². The number of thiol groups is 2. The standard InChI is InChI=1S/C42H67N11O12S2/c1-5-22(2)34(51-38(60)27(47-33(57)14-17-66)18-24-10-12-25(65-4)13-11-24)40(62)52-35(23(3)54)41(63)49-28(19-31(44)55)37(59)50-29(21-67)42(64)53-16-7-9-30(53)39(61)48-26(8-6-15-43)36(58)46-20-32(45)56/h10-13,22-23,26-30,34-35,54,66-67H,5-9,14-21,43H2,1-4H3,(H2,44,55)(H2,45,56)(H,46,58)(H,47,57)(H,48,61)(H,49,63)(H,50,59)(H,51,60)(H,52,62)/t22-,23+,26-,27+,28-,29-,30-,34-,35-/m0/s1. The zero-order chi connectivity index (χ0) is 50.4. The molecule has 1 aliphatic rings. The molecule has 374 valence electrons. The number of primary amides is 2. The first-order valence-electron chi connectivity index (χ1n) is 21.9. The first-order valence-corrected chi connectivity index (χ1v) is 23.2. The molecular weight excluding hydrogens is 915 g/mol. The summed E-state index contributed by atoms with van der Waals surface area (Å²) in [5.74, 6) is -8.32. The van der Waals surface area contributed by atoms with Crippen LogP contribution >= 0.6 is 25.3 Å². The van der Waals surface area contributed by atoms with Crippen LogP contribution in [0.25, 0.3) is 0 Å². The predicted octanol–water partition coefficient (Wildman–Crippen LogP) is -3.97. The second-order valence-corrected chi connectivity index (χ2v) is 16.9. The van der Waals surface area contributed by atoms with E-state index in [9.17, 15) is 53.1 Å². The lowest BCUT2D eigenvalue weighted by Crippen LogP contribution is -2.63. The summed E-state index contributed by atoms with van der Waals surface area (Å²) in [7, 11) is 1.50. The Morgan fingerprint density at radius 1 is 0.791 bits per heavy atom. The fraction of sp³-hybridized carbons (Fsp3) is 0.619. The van der Waals surface area contributed by atoms with Gasteiger partial charge in [-0.05, 0) is 68.5 Å². The Kier molecular flexibility index (Phi) is 25.0. The summed E-state index contributed by atoms with van der Waals surface area (Å²) in [6.07, 6.45) is -0.951. The van der Waals surface area contributed by atoms with Crippen LogP contribution < -0.4 is 59.2 Å². The second kappa shape index (κ2) is 29.2. The van der Waals surface area contributed by atoms with Crippen molar-refractivity contribution in [2.45, 2.75) is 121 Å². The number of carbonyl (C=O) groups excluding carboxylic acids is 10. The maximum Gasteiger partial charge on any atom is 0.246 e. The van der Waals surface area contributed by atoms with E-state index < -0.39 is 126 Å². The molecule has 1 aromatic carbocycles. The van der Waals surface area contributed by atoms with Crippen molar-refractivity contribution in [3.8, 4) is 5.75 Å². The van der Waals surface area contributed by atoms with E-state index in [-0.39, 0.29) is 50.3 Å². The molecule has 25 heteroatoms. The van der Waals surface area contributed by atoms with Crippen LogP contribution in [0.5, 0.6) is 5.75 Å². The van der Waals surface area contributed by atoms with Gasteiger partial charge in [0.1, 0.15) is 48.0 Å². The number of hydrogen-bond acceptors (Lipinski definition) is 15. The molecule has 23 nitrogen and oxygen atoms in total. The van der Waals surface area contributed by atoms with Crippen LogP contribution in [-0.2, 0) is 54.4 Å². The van der Waals surface area contributed by atoms with Crippen molar-refractivity contribution in [1.82, 2.24) is 42.1 Å². The van der Waals surface area contributed by atoms with Gasteiger partial charge in [0.05, 0.1) is 26.2 Å². The van der Waals surface area contributed by atoms with Gasteiger partial charge in [0.15, 0.2) is 0 Å². The molecule has 1 fully saturated rings. The normalized spacial score (nSPS) is 16.8. The van der Waals surface area contributed by atoms with Gasteiger partial charge in [-0.25, -0.2) is 0 Å². The summed E-state index contributed by atoms with van der Waals surface area (Å²) in [5.41, 5.74) is 16.8. The number of nitrogens with zero attached hydrogens (tertiary/aromatic N) is 1. The third-order valence-corrected chi connectivity index (χ3v) is 11.5. The average Bonchev–Trinajstić information content (AvgIpc) is 3.79. The van der Waals surface area contributed by atoms with E-state index in [2.05, 4.69) is 62.5 Å². The third-order valence-electron chi connectivity index (χ3n) is 10.9. The van der Waals surface area contributed by atoms with Crippen LogP contribution in [-0.4, -0.2) is 156 Å². The highest BCUT2D eigenvalue weighted by Gasteiger charge is 2.40. The van der Waals surface area contributed by atoms with E-state index in [0.717, 1.165) is 0 Å². The smallest absolute Gasteiger partial charge is 0.246 e. The molecule has 2 rings (SSSR count). The second-order valence-electron chi connectivity index (χ2n) is 16.1. The van der Waals surface area contributed by atoms with E-state index in [4.69, 9.17) is 21.9 Å². The van der Waals surface area contributed by atoms with Crippen LogP contribution in [0.15, 0.2) is 24.3 Å². The summed E-state index contributed by atoms with van der Waals surface area (Å²) in [6, 6.07) is -2.75. The maximum absolute atomic E-state index is 13.9. The molecule has 9 atom stereocenters. The highest BCUT2D eigenvalue weighted by Crippen LogP contribution is 2.20. The number of nitrogens with two attached hydrogens (primary N) is 3. The predicted molar refractivity (Wildman–Crippen MR) is 251 cm³/mol. The number of rotatable bonds is 29. The molecule has 10 amide bonds. The Bertz CT molecular complexity index is 1890. The third kappa shape index (κ3) is 18.9. The minimum Gasteiger partial charge on any atom is -0.497 e. The molecule has 1 aliphatic heterocycles. The van der Waals surface area contributed by atoms with Crippen LogP contribution in [0.1, 0.15) is 71.3 Å².